The maximum atomic E-state index is 12.0. The van der Waals surface area contributed by atoms with Crippen molar-refractivity contribution >= 4 is 27.5 Å². The molecule has 1 fully saturated rings. The number of hydrogen-bond donors (Lipinski definition) is 2. The molecule has 1 heterocycles. The monoisotopic (exact) mass is 331 g/mol. The summed E-state index contributed by atoms with van der Waals surface area (Å²) in [6, 6.07) is 6.97. The molecule has 20 heavy (non-hydrogen) atoms. The number of carbonyl (C=O) groups is 1. The normalized spacial score (nSPS) is 13.8. The van der Waals surface area contributed by atoms with E-state index in [0.717, 1.165) is 18.7 Å². The quantitative estimate of drug-likeness (QED) is 0.903. The summed E-state index contributed by atoms with van der Waals surface area (Å²) in [7, 11) is 0. The average Bonchev–Trinajstić information content (AvgIpc) is 3.18. The lowest BCUT2D eigenvalue weighted by atomic mass is 10.2. The zero-order valence-electron chi connectivity index (χ0n) is 10.4. The third kappa shape index (κ3) is 2.56. The number of nitriles is 1. The van der Waals surface area contributed by atoms with Crippen LogP contribution in [-0.4, -0.2) is 21.1 Å². The molecule has 1 aromatic carbocycles. The summed E-state index contributed by atoms with van der Waals surface area (Å²) < 4.78 is 0.642. The van der Waals surface area contributed by atoms with Gasteiger partial charge < -0.3 is 5.32 Å². The van der Waals surface area contributed by atoms with Crippen molar-refractivity contribution in [3.63, 3.8) is 0 Å². The minimum absolute atomic E-state index is 0.128. The fourth-order valence-electron chi connectivity index (χ4n) is 1.78. The topological polar surface area (TPSA) is 94.5 Å². The summed E-state index contributed by atoms with van der Waals surface area (Å²) in [5, 5.41) is 18.2. The lowest BCUT2D eigenvalue weighted by molar-refractivity contribution is 0.101. The Hall–Kier alpha value is -2.20. The highest BCUT2D eigenvalue weighted by molar-refractivity contribution is 9.10. The van der Waals surface area contributed by atoms with Crippen molar-refractivity contribution in [3.8, 4) is 6.07 Å². The first-order valence-electron chi connectivity index (χ1n) is 6.10. The highest BCUT2D eigenvalue weighted by atomic mass is 79.9. The van der Waals surface area contributed by atoms with Crippen LogP contribution >= 0.6 is 15.9 Å². The molecule has 0 bridgehead atoms. The number of benzene rings is 1. The van der Waals surface area contributed by atoms with Crippen LogP contribution in [0, 0.1) is 11.3 Å². The van der Waals surface area contributed by atoms with Crippen molar-refractivity contribution in [2.75, 3.05) is 5.32 Å². The second-order valence-electron chi connectivity index (χ2n) is 4.58. The molecule has 1 aromatic heterocycles. The molecule has 0 unspecified atom stereocenters. The molecule has 3 rings (SSSR count). The number of nitrogens with one attached hydrogen (secondary N) is 2. The number of carbonyl (C=O) groups excluding carboxylic acids is 1. The second-order valence-corrected chi connectivity index (χ2v) is 5.43. The Labute approximate surface area is 123 Å². The van der Waals surface area contributed by atoms with Crippen molar-refractivity contribution in [3.05, 3.63) is 39.9 Å². The molecule has 1 saturated carbocycles. The largest absolute Gasteiger partial charge is 0.318 e. The molecule has 0 atom stereocenters. The molecule has 2 aromatic rings. The number of halogens is 1. The average molecular weight is 332 g/mol. The van der Waals surface area contributed by atoms with Crippen LogP contribution in [0.15, 0.2) is 22.7 Å². The lowest BCUT2D eigenvalue weighted by Crippen LogP contribution is -2.14. The van der Waals surface area contributed by atoms with Crippen LogP contribution in [0.1, 0.15) is 40.8 Å². The van der Waals surface area contributed by atoms with Gasteiger partial charge in [0.25, 0.3) is 5.91 Å². The minimum atomic E-state index is -0.376. The van der Waals surface area contributed by atoms with E-state index in [1.165, 1.54) is 0 Å². The maximum Gasteiger partial charge on any atom is 0.295 e. The number of amides is 1. The molecule has 1 aliphatic carbocycles. The standard InChI is InChI=1S/C13H10BrN5O/c14-9-5-7(6-15)1-4-10(9)16-13(20)12-17-11(18-19-12)8-2-3-8/h1,4-5,8H,2-3H2,(H,16,20)(H,17,18,19). The molecule has 0 saturated heterocycles. The molecule has 0 spiro atoms. The van der Waals surface area contributed by atoms with Crippen molar-refractivity contribution in [2.45, 2.75) is 18.8 Å². The van der Waals surface area contributed by atoms with Crippen molar-refractivity contribution < 1.29 is 4.79 Å². The number of anilines is 1. The van der Waals surface area contributed by atoms with E-state index in [-0.39, 0.29) is 11.7 Å². The molecular formula is C13H10BrN5O. The van der Waals surface area contributed by atoms with E-state index in [1.807, 2.05) is 6.07 Å². The molecule has 100 valence electrons. The van der Waals surface area contributed by atoms with Crippen LogP contribution < -0.4 is 5.32 Å². The summed E-state index contributed by atoms with van der Waals surface area (Å²) in [5.41, 5.74) is 1.09. The Kier molecular flexibility index (Phi) is 3.24. The van der Waals surface area contributed by atoms with Crippen LogP contribution in [0.3, 0.4) is 0 Å². The first-order chi connectivity index (χ1) is 9.67. The van der Waals surface area contributed by atoms with E-state index in [1.54, 1.807) is 18.2 Å². The smallest absolute Gasteiger partial charge is 0.295 e. The van der Waals surface area contributed by atoms with Gasteiger partial charge >= 0.3 is 0 Å². The first kappa shape index (κ1) is 12.8. The molecule has 1 amide bonds. The molecule has 0 radical (unpaired) electrons. The Bertz CT molecular complexity index is 714. The van der Waals surface area contributed by atoms with Crippen LogP contribution in [0.25, 0.3) is 0 Å². The molecule has 7 heteroatoms. The molecule has 2 N–H and O–H groups in total. The second kappa shape index (κ2) is 5.06. The highest BCUT2D eigenvalue weighted by Crippen LogP contribution is 2.37. The van der Waals surface area contributed by atoms with Gasteiger partial charge in [-0.05, 0) is 47.0 Å². The van der Waals surface area contributed by atoms with Crippen molar-refractivity contribution in [1.82, 2.24) is 15.2 Å². The molecule has 0 aliphatic heterocycles. The molecule has 1 aliphatic rings. The third-order valence-corrected chi connectivity index (χ3v) is 3.67. The van der Waals surface area contributed by atoms with E-state index in [2.05, 4.69) is 36.4 Å². The Morgan fingerprint density at radius 1 is 1.50 bits per heavy atom. The highest BCUT2D eigenvalue weighted by Gasteiger charge is 2.28. The van der Waals surface area contributed by atoms with E-state index in [0.29, 0.717) is 21.6 Å². The van der Waals surface area contributed by atoms with E-state index < -0.39 is 0 Å². The van der Waals surface area contributed by atoms with Gasteiger partial charge in [-0.25, -0.2) is 4.98 Å². The summed E-state index contributed by atoms with van der Waals surface area (Å²) >= 11 is 3.31. The van der Waals surface area contributed by atoms with Gasteiger partial charge in [-0.3, -0.25) is 9.89 Å². The van der Waals surface area contributed by atoms with Gasteiger partial charge in [0.05, 0.1) is 17.3 Å². The predicted octanol–water partition coefficient (Wildman–Crippen LogP) is 2.57. The summed E-state index contributed by atoms with van der Waals surface area (Å²) in [5.74, 6) is 0.946. The van der Waals surface area contributed by atoms with E-state index >= 15 is 0 Å². The SMILES string of the molecule is N#Cc1ccc(NC(=O)c2n[nH]c(C3CC3)n2)c(Br)c1. The number of hydrogen-bond acceptors (Lipinski definition) is 4. The first-order valence-corrected chi connectivity index (χ1v) is 6.90. The third-order valence-electron chi connectivity index (χ3n) is 3.02. The fourth-order valence-corrected chi connectivity index (χ4v) is 2.26. The van der Waals surface area contributed by atoms with Crippen LogP contribution in [0.2, 0.25) is 0 Å². The summed E-state index contributed by atoms with van der Waals surface area (Å²) in [6.07, 6.45) is 2.19. The van der Waals surface area contributed by atoms with Gasteiger partial charge in [0, 0.05) is 10.4 Å². The van der Waals surface area contributed by atoms with Crippen LogP contribution in [-0.2, 0) is 0 Å². The number of aromatic nitrogens is 3. The summed E-state index contributed by atoms with van der Waals surface area (Å²) in [4.78, 5) is 16.2. The Morgan fingerprint density at radius 2 is 2.30 bits per heavy atom. The number of nitrogens with zero attached hydrogens (tertiary/aromatic N) is 3. The number of rotatable bonds is 3. The van der Waals surface area contributed by atoms with Gasteiger partial charge in [-0.2, -0.15) is 5.26 Å². The van der Waals surface area contributed by atoms with E-state index in [4.69, 9.17) is 5.26 Å². The Balaban J connectivity index is 1.76. The predicted molar refractivity (Wildman–Crippen MR) is 75.2 cm³/mol. The fraction of sp³-hybridized carbons (Fsp3) is 0.231. The molecule has 6 nitrogen and oxygen atoms in total. The number of H-pyrrole nitrogens is 1. The summed E-state index contributed by atoms with van der Waals surface area (Å²) in [6.45, 7) is 0. The van der Waals surface area contributed by atoms with Gasteiger partial charge in [-0.1, -0.05) is 0 Å². The van der Waals surface area contributed by atoms with Crippen LogP contribution in [0.5, 0.6) is 0 Å². The van der Waals surface area contributed by atoms with Crippen LogP contribution in [0.4, 0.5) is 5.69 Å². The number of aromatic amines is 1. The zero-order chi connectivity index (χ0) is 14.1. The van der Waals surface area contributed by atoms with Gasteiger partial charge in [-0.15, -0.1) is 5.10 Å². The minimum Gasteiger partial charge on any atom is -0.318 e. The van der Waals surface area contributed by atoms with Crippen molar-refractivity contribution in [1.29, 1.82) is 5.26 Å². The lowest BCUT2D eigenvalue weighted by Gasteiger charge is -2.05. The van der Waals surface area contributed by atoms with Gasteiger partial charge in [0.1, 0.15) is 5.82 Å². The van der Waals surface area contributed by atoms with Gasteiger partial charge in [0.15, 0.2) is 0 Å². The van der Waals surface area contributed by atoms with E-state index in [9.17, 15) is 4.79 Å². The maximum absolute atomic E-state index is 12.0. The zero-order valence-corrected chi connectivity index (χ0v) is 11.9. The van der Waals surface area contributed by atoms with Gasteiger partial charge in [0.2, 0.25) is 5.82 Å². The Morgan fingerprint density at radius 3 is 2.95 bits per heavy atom. The molecular weight excluding hydrogens is 322 g/mol. The van der Waals surface area contributed by atoms with Crippen molar-refractivity contribution in [2.24, 2.45) is 0 Å².